The van der Waals surface area contributed by atoms with Crippen LogP contribution in [-0.4, -0.2) is 24.8 Å². The number of nitrogen functional groups attached to an aromatic ring is 1. The fourth-order valence-electron chi connectivity index (χ4n) is 2.35. The molecule has 2 aromatic rings. The third-order valence-electron chi connectivity index (χ3n) is 3.34. The maximum atomic E-state index is 6.42. The molecule has 0 aliphatic heterocycles. The number of aromatic nitrogens is 5. The molecule has 110 valence electrons. The second-order valence-corrected chi connectivity index (χ2v) is 5.43. The molecule has 0 aliphatic carbocycles. The van der Waals surface area contributed by atoms with Gasteiger partial charge >= 0.3 is 0 Å². The summed E-state index contributed by atoms with van der Waals surface area (Å²) in [4.78, 5) is 0. The molecule has 0 bridgehead atoms. The van der Waals surface area contributed by atoms with Crippen LogP contribution in [-0.2, 0) is 19.5 Å². The molecular weight excluding hydrogens is 276 g/mol. The summed E-state index contributed by atoms with van der Waals surface area (Å²) in [5.74, 6) is 0.738. The molecule has 2 aromatic heterocycles. The van der Waals surface area contributed by atoms with E-state index in [9.17, 15) is 0 Å². The van der Waals surface area contributed by atoms with Crippen molar-refractivity contribution in [3.8, 4) is 0 Å². The van der Waals surface area contributed by atoms with E-state index in [4.69, 9.17) is 17.3 Å². The van der Waals surface area contributed by atoms with Gasteiger partial charge < -0.3 is 5.73 Å². The fraction of sp³-hybridized carbons (Fsp3) is 0.615. The Kier molecular flexibility index (Phi) is 4.32. The zero-order valence-corrected chi connectivity index (χ0v) is 13.1. The minimum atomic E-state index is 0.257. The Morgan fingerprint density at radius 3 is 2.50 bits per heavy atom. The summed E-state index contributed by atoms with van der Waals surface area (Å²) < 4.78 is 3.73. The normalized spacial score (nSPS) is 11.5. The fourth-order valence-corrected chi connectivity index (χ4v) is 2.68. The third-order valence-corrected chi connectivity index (χ3v) is 3.78. The van der Waals surface area contributed by atoms with Gasteiger partial charge in [-0.3, -0.25) is 4.68 Å². The number of rotatable bonds is 5. The number of anilines is 1. The first-order valence-electron chi connectivity index (χ1n) is 6.92. The Balaban J connectivity index is 2.42. The van der Waals surface area contributed by atoms with Crippen LogP contribution in [0, 0.1) is 0 Å². The van der Waals surface area contributed by atoms with Gasteiger partial charge in [0.25, 0.3) is 0 Å². The Labute approximate surface area is 123 Å². The van der Waals surface area contributed by atoms with Gasteiger partial charge in [0, 0.05) is 6.54 Å². The predicted molar refractivity (Wildman–Crippen MR) is 79.9 cm³/mol. The SMILES string of the molecule is CCc1nn(CC)c(Cn2nnc(N)c2C(C)C)c1Cl. The summed E-state index contributed by atoms with van der Waals surface area (Å²) in [5, 5.41) is 13.3. The summed E-state index contributed by atoms with van der Waals surface area (Å²) in [5.41, 5.74) is 8.69. The van der Waals surface area contributed by atoms with Crippen molar-refractivity contribution < 1.29 is 0 Å². The van der Waals surface area contributed by atoms with E-state index < -0.39 is 0 Å². The van der Waals surface area contributed by atoms with Crippen LogP contribution < -0.4 is 5.73 Å². The molecule has 0 unspecified atom stereocenters. The zero-order valence-electron chi connectivity index (χ0n) is 12.4. The maximum absolute atomic E-state index is 6.42. The van der Waals surface area contributed by atoms with Crippen molar-refractivity contribution in [3.05, 3.63) is 22.1 Å². The Bertz CT molecular complexity index is 598. The standard InChI is InChI=1S/C13H21ClN6/c1-5-9-11(14)10(19(6-2)17-9)7-20-12(8(3)4)13(15)16-18-20/h8H,5-7,15H2,1-4H3. The topological polar surface area (TPSA) is 74.5 Å². The largest absolute Gasteiger partial charge is 0.381 e. The van der Waals surface area contributed by atoms with Gasteiger partial charge in [0.2, 0.25) is 0 Å². The number of nitrogens with zero attached hydrogens (tertiary/aromatic N) is 5. The highest BCUT2D eigenvalue weighted by Gasteiger charge is 2.19. The molecule has 2 heterocycles. The second-order valence-electron chi connectivity index (χ2n) is 5.05. The molecule has 6 nitrogen and oxygen atoms in total. The molecule has 0 atom stereocenters. The van der Waals surface area contributed by atoms with Crippen LogP contribution in [0.4, 0.5) is 5.82 Å². The Morgan fingerprint density at radius 1 is 1.25 bits per heavy atom. The number of halogens is 1. The van der Waals surface area contributed by atoms with Crippen molar-refractivity contribution in [2.75, 3.05) is 5.73 Å². The van der Waals surface area contributed by atoms with Gasteiger partial charge in [0.05, 0.1) is 28.6 Å². The molecule has 0 amide bonds. The van der Waals surface area contributed by atoms with Crippen LogP contribution in [0.1, 0.15) is 50.7 Å². The van der Waals surface area contributed by atoms with Crippen LogP contribution in [0.5, 0.6) is 0 Å². The van der Waals surface area contributed by atoms with Gasteiger partial charge in [-0.1, -0.05) is 37.6 Å². The van der Waals surface area contributed by atoms with Crippen molar-refractivity contribution in [2.45, 2.75) is 53.1 Å². The molecule has 0 spiro atoms. The maximum Gasteiger partial charge on any atom is 0.169 e. The second kappa shape index (κ2) is 5.83. The van der Waals surface area contributed by atoms with Crippen molar-refractivity contribution >= 4 is 17.4 Å². The molecule has 0 aromatic carbocycles. The van der Waals surface area contributed by atoms with E-state index in [2.05, 4.69) is 29.3 Å². The van der Waals surface area contributed by atoms with Crippen molar-refractivity contribution in [2.24, 2.45) is 0 Å². The van der Waals surface area contributed by atoms with Crippen LogP contribution >= 0.6 is 11.6 Å². The van der Waals surface area contributed by atoms with Crippen molar-refractivity contribution in [3.63, 3.8) is 0 Å². The molecule has 0 radical (unpaired) electrons. The number of nitrogens with two attached hydrogens (primary N) is 1. The highest BCUT2D eigenvalue weighted by molar-refractivity contribution is 6.31. The van der Waals surface area contributed by atoms with Crippen LogP contribution in [0.25, 0.3) is 0 Å². The lowest BCUT2D eigenvalue weighted by atomic mass is 10.1. The van der Waals surface area contributed by atoms with E-state index >= 15 is 0 Å². The van der Waals surface area contributed by atoms with Gasteiger partial charge in [0.1, 0.15) is 0 Å². The predicted octanol–water partition coefficient (Wildman–Crippen LogP) is 2.46. The van der Waals surface area contributed by atoms with Crippen molar-refractivity contribution in [1.82, 2.24) is 24.8 Å². The zero-order chi connectivity index (χ0) is 14.9. The molecule has 0 saturated heterocycles. The van der Waals surface area contributed by atoms with E-state index in [1.54, 1.807) is 0 Å². The van der Waals surface area contributed by atoms with Crippen LogP contribution in [0.3, 0.4) is 0 Å². The first kappa shape index (κ1) is 14.8. The van der Waals surface area contributed by atoms with Gasteiger partial charge in [0.15, 0.2) is 5.82 Å². The number of hydrogen-bond donors (Lipinski definition) is 1. The molecule has 7 heteroatoms. The van der Waals surface area contributed by atoms with Crippen molar-refractivity contribution in [1.29, 1.82) is 0 Å². The quantitative estimate of drug-likeness (QED) is 0.919. The summed E-state index contributed by atoms with van der Waals surface area (Å²) in [6.07, 6.45) is 0.815. The monoisotopic (exact) mass is 296 g/mol. The van der Waals surface area contributed by atoms with Gasteiger partial charge in [-0.15, -0.1) is 5.10 Å². The van der Waals surface area contributed by atoms with E-state index in [1.165, 1.54) is 0 Å². The molecule has 2 rings (SSSR count). The number of hydrogen-bond acceptors (Lipinski definition) is 4. The van der Waals surface area contributed by atoms with Gasteiger partial charge in [-0.2, -0.15) is 5.10 Å². The lowest BCUT2D eigenvalue weighted by Crippen LogP contribution is -2.13. The minimum Gasteiger partial charge on any atom is -0.381 e. The summed E-state index contributed by atoms with van der Waals surface area (Å²) in [6.45, 7) is 9.55. The highest BCUT2D eigenvalue weighted by atomic mass is 35.5. The first-order valence-corrected chi connectivity index (χ1v) is 7.30. The van der Waals surface area contributed by atoms with Gasteiger partial charge in [-0.05, 0) is 19.3 Å². The lowest BCUT2D eigenvalue weighted by Gasteiger charge is -2.11. The Morgan fingerprint density at radius 2 is 1.95 bits per heavy atom. The molecule has 0 saturated carbocycles. The summed E-state index contributed by atoms with van der Waals surface area (Å²) in [6, 6.07) is 0. The highest BCUT2D eigenvalue weighted by Crippen LogP contribution is 2.25. The smallest absolute Gasteiger partial charge is 0.169 e. The van der Waals surface area contributed by atoms with Crippen LogP contribution in [0.15, 0.2) is 0 Å². The lowest BCUT2D eigenvalue weighted by molar-refractivity contribution is 0.543. The molecule has 20 heavy (non-hydrogen) atoms. The van der Waals surface area contributed by atoms with E-state index in [0.717, 1.165) is 35.1 Å². The molecule has 2 N–H and O–H groups in total. The minimum absolute atomic E-state index is 0.257. The molecule has 0 aliphatic rings. The number of aryl methyl sites for hydroxylation is 2. The third kappa shape index (κ3) is 2.52. The van der Waals surface area contributed by atoms with Gasteiger partial charge in [-0.25, -0.2) is 4.68 Å². The Hall–Kier alpha value is -1.56. The average Bonchev–Trinajstić information content (AvgIpc) is 2.92. The molecule has 0 fully saturated rings. The van der Waals surface area contributed by atoms with E-state index in [0.29, 0.717) is 12.4 Å². The average molecular weight is 297 g/mol. The molecular formula is C13H21ClN6. The first-order chi connectivity index (χ1) is 9.49. The van der Waals surface area contributed by atoms with Crippen LogP contribution in [0.2, 0.25) is 5.02 Å². The summed E-state index contributed by atoms with van der Waals surface area (Å²) >= 11 is 6.42. The summed E-state index contributed by atoms with van der Waals surface area (Å²) in [7, 11) is 0. The van der Waals surface area contributed by atoms with E-state index in [-0.39, 0.29) is 5.92 Å². The van der Waals surface area contributed by atoms with E-state index in [1.807, 2.05) is 23.2 Å².